The molecular formula is C13H14BrNO2. The summed E-state index contributed by atoms with van der Waals surface area (Å²) in [4.78, 5) is 23.5. The van der Waals surface area contributed by atoms with E-state index in [1.165, 1.54) is 0 Å². The number of ketones is 1. The predicted octanol–water partition coefficient (Wildman–Crippen LogP) is 2.17. The smallest absolute Gasteiger partial charge is 0.228 e. The molecule has 2 N–H and O–H groups in total. The van der Waals surface area contributed by atoms with Gasteiger partial charge in [-0.05, 0) is 18.4 Å². The fraction of sp³-hybridized carbons (Fsp3) is 0.385. The summed E-state index contributed by atoms with van der Waals surface area (Å²) >= 11 is 3.35. The molecule has 0 aromatic heterocycles. The summed E-state index contributed by atoms with van der Waals surface area (Å²) in [6.07, 6.45) is 1.05. The predicted molar refractivity (Wildman–Crippen MR) is 69.3 cm³/mol. The van der Waals surface area contributed by atoms with Crippen LogP contribution in [-0.2, 0) is 10.2 Å². The first kappa shape index (κ1) is 12.3. The minimum atomic E-state index is -0.724. The van der Waals surface area contributed by atoms with Gasteiger partial charge >= 0.3 is 0 Å². The summed E-state index contributed by atoms with van der Waals surface area (Å²) in [5.41, 5.74) is 6.23. The van der Waals surface area contributed by atoms with Gasteiger partial charge < -0.3 is 5.73 Å². The van der Waals surface area contributed by atoms with Crippen molar-refractivity contribution in [3.8, 4) is 0 Å². The number of hydrogen-bond acceptors (Lipinski definition) is 2. The lowest BCUT2D eigenvalue weighted by Crippen LogP contribution is -2.47. The molecule has 3 nitrogen and oxygen atoms in total. The van der Waals surface area contributed by atoms with Crippen molar-refractivity contribution in [1.82, 2.24) is 0 Å². The van der Waals surface area contributed by atoms with E-state index >= 15 is 0 Å². The van der Waals surface area contributed by atoms with E-state index in [-0.39, 0.29) is 16.5 Å². The fourth-order valence-corrected chi connectivity index (χ4v) is 3.33. The van der Waals surface area contributed by atoms with E-state index < -0.39 is 5.41 Å². The number of primary amides is 1. The number of Topliss-reactive ketones (excluding diaryl/α,β-unsaturated/α-hetero) is 1. The van der Waals surface area contributed by atoms with E-state index in [0.29, 0.717) is 18.4 Å². The van der Waals surface area contributed by atoms with Gasteiger partial charge in [-0.1, -0.05) is 47.1 Å². The van der Waals surface area contributed by atoms with E-state index in [1.807, 2.05) is 25.1 Å². The maximum Gasteiger partial charge on any atom is 0.228 e. The molecule has 2 rings (SSSR count). The van der Waals surface area contributed by atoms with Gasteiger partial charge in [0.25, 0.3) is 0 Å². The van der Waals surface area contributed by atoms with Crippen LogP contribution in [0, 0.1) is 0 Å². The first-order valence-electron chi connectivity index (χ1n) is 5.60. The Kier molecular flexibility index (Phi) is 3.08. The maximum absolute atomic E-state index is 12.0. The number of carbonyl (C=O) groups excluding carboxylic acids is 2. The highest BCUT2D eigenvalue weighted by Gasteiger charge is 2.46. The Balaban J connectivity index is 2.69. The van der Waals surface area contributed by atoms with Crippen LogP contribution in [0.1, 0.15) is 35.7 Å². The van der Waals surface area contributed by atoms with E-state index in [1.54, 1.807) is 6.07 Å². The number of amides is 1. The van der Waals surface area contributed by atoms with Gasteiger partial charge in [0.2, 0.25) is 5.91 Å². The molecule has 2 atom stereocenters. The Labute approximate surface area is 109 Å². The number of benzene rings is 1. The quantitative estimate of drug-likeness (QED) is 0.850. The largest absolute Gasteiger partial charge is 0.369 e. The van der Waals surface area contributed by atoms with E-state index in [2.05, 4.69) is 15.9 Å². The van der Waals surface area contributed by atoms with E-state index in [4.69, 9.17) is 5.73 Å². The van der Waals surface area contributed by atoms with E-state index in [0.717, 1.165) is 5.56 Å². The van der Waals surface area contributed by atoms with Crippen molar-refractivity contribution in [3.05, 3.63) is 35.4 Å². The number of rotatable bonds is 2. The van der Waals surface area contributed by atoms with Crippen LogP contribution < -0.4 is 5.73 Å². The van der Waals surface area contributed by atoms with Gasteiger partial charge in [-0.3, -0.25) is 9.59 Å². The Morgan fingerprint density at radius 2 is 2.18 bits per heavy atom. The monoisotopic (exact) mass is 295 g/mol. The molecule has 0 heterocycles. The lowest BCUT2D eigenvalue weighted by Gasteiger charge is -2.37. The van der Waals surface area contributed by atoms with Crippen molar-refractivity contribution in [2.45, 2.75) is 30.0 Å². The number of halogens is 1. The van der Waals surface area contributed by atoms with Crippen molar-refractivity contribution in [2.24, 2.45) is 5.73 Å². The molecule has 0 aliphatic heterocycles. The van der Waals surface area contributed by atoms with Gasteiger partial charge in [-0.15, -0.1) is 0 Å². The van der Waals surface area contributed by atoms with Gasteiger partial charge in [-0.25, -0.2) is 0 Å². The minimum absolute atomic E-state index is 0.0333. The average Bonchev–Trinajstić information content (AvgIpc) is 2.33. The Morgan fingerprint density at radius 1 is 1.53 bits per heavy atom. The molecule has 1 aromatic carbocycles. The summed E-state index contributed by atoms with van der Waals surface area (Å²) in [7, 11) is 0. The summed E-state index contributed by atoms with van der Waals surface area (Å²) in [5.74, 6) is -0.324. The topological polar surface area (TPSA) is 60.2 Å². The number of carbonyl (C=O) groups is 2. The van der Waals surface area contributed by atoms with Crippen molar-refractivity contribution < 1.29 is 9.59 Å². The van der Waals surface area contributed by atoms with Crippen LogP contribution in [0.2, 0.25) is 0 Å². The van der Waals surface area contributed by atoms with Crippen molar-refractivity contribution in [1.29, 1.82) is 0 Å². The van der Waals surface area contributed by atoms with Crippen LogP contribution in [0.25, 0.3) is 0 Å². The maximum atomic E-state index is 12.0. The zero-order valence-electron chi connectivity index (χ0n) is 9.57. The highest BCUT2D eigenvalue weighted by molar-refractivity contribution is 9.10. The molecule has 0 spiro atoms. The molecule has 4 heteroatoms. The van der Waals surface area contributed by atoms with Gasteiger partial charge in [0, 0.05) is 5.56 Å². The molecule has 0 fully saturated rings. The second kappa shape index (κ2) is 4.26. The molecule has 0 saturated heterocycles. The molecule has 1 aliphatic rings. The van der Waals surface area contributed by atoms with Gasteiger partial charge in [0.15, 0.2) is 5.78 Å². The molecule has 2 unspecified atom stereocenters. The third-order valence-electron chi connectivity index (χ3n) is 3.60. The zero-order valence-corrected chi connectivity index (χ0v) is 11.2. The summed E-state index contributed by atoms with van der Waals surface area (Å²) in [6.45, 7) is 1.93. The molecule has 17 heavy (non-hydrogen) atoms. The summed E-state index contributed by atoms with van der Waals surface area (Å²) in [5, 5.41) is 0. The zero-order chi connectivity index (χ0) is 12.6. The Morgan fingerprint density at radius 3 is 2.76 bits per heavy atom. The van der Waals surface area contributed by atoms with Crippen LogP contribution >= 0.6 is 15.9 Å². The standard InChI is InChI=1S/C13H14BrNO2/c1-2-13(12(15)17)7-10(14)11(16)8-5-3-4-6-9(8)13/h3-6,10H,2,7H2,1H3,(H2,15,17). The van der Waals surface area contributed by atoms with Crippen LogP contribution in [0.15, 0.2) is 24.3 Å². The summed E-state index contributed by atoms with van der Waals surface area (Å²) in [6, 6.07) is 7.25. The lowest BCUT2D eigenvalue weighted by atomic mass is 9.67. The Hall–Kier alpha value is -1.16. The van der Waals surface area contributed by atoms with Gasteiger partial charge in [0.05, 0.1) is 10.2 Å². The second-order valence-electron chi connectivity index (χ2n) is 4.38. The molecule has 90 valence electrons. The summed E-state index contributed by atoms with van der Waals surface area (Å²) < 4.78 is 0. The van der Waals surface area contributed by atoms with E-state index in [9.17, 15) is 9.59 Å². The molecular weight excluding hydrogens is 282 g/mol. The van der Waals surface area contributed by atoms with Crippen LogP contribution in [0.3, 0.4) is 0 Å². The molecule has 1 aliphatic carbocycles. The molecule has 0 radical (unpaired) electrons. The van der Waals surface area contributed by atoms with Crippen molar-refractivity contribution in [3.63, 3.8) is 0 Å². The molecule has 1 amide bonds. The van der Waals surface area contributed by atoms with Gasteiger partial charge in [0.1, 0.15) is 0 Å². The fourth-order valence-electron chi connectivity index (χ4n) is 2.53. The van der Waals surface area contributed by atoms with Crippen molar-refractivity contribution >= 4 is 27.6 Å². The van der Waals surface area contributed by atoms with Crippen LogP contribution in [0.5, 0.6) is 0 Å². The first-order valence-corrected chi connectivity index (χ1v) is 6.52. The highest BCUT2D eigenvalue weighted by Crippen LogP contribution is 2.41. The van der Waals surface area contributed by atoms with Crippen LogP contribution in [-0.4, -0.2) is 16.5 Å². The normalized spacial score (nSPS) is 27.6. The molecule has 0 saturated carbocycles. The first-order chi connectivity index (χ1) is 8.03. The SMILES string of the molecule is CCC1(C(N)=O)CC(Br)C(=O)c2ccccc21. The Bertz CT molecular complexity index is 486. The van der Waals surface area contributed by atoms with Crippen molar-refractivity contribution in [2.75, 3.05) is 0 Å². The van der Waals surface area contributed by atoms with Crippen LogP contribution in [0.4, 0.5) is 0 Å². The number of hydrogen-bond donors (Lipinski definition) is 1. The molecule has 0 bridgehead atoms. The lowest BCUT2D eigenvalue weighted by molar-refractivity contribution is -0.124. The number of fused-ring (bicyclic) bond motifs is 1. The van der Waals surface area contributed by atoms with Gasteiger partial charge in [-0.2, -0.15) is 0 Å². The number of nitrogens with two attached hydrogens (primary N) is 1. The number of alkyl halides is 1. The minimum Gasteiger partial charge on any atom is -0.369 e. The average molecular weight is 296 g/mol. The second-order valence-corrected chi connectivity index (χ2v) is 5.49. The highest BCUT2D eigenvalue weighted by atomic mass is 79.9. The third kappa shape index (κ3) is 1.71. The third-order valence-corrected chi connectivity index (χ3v) is 4.34. The molecule has 1 aromatic rings.